The van der Waals surface area contributed by atoms with E-state index in [1.54, 1.807) is 19.1 Å². The van der Waals surface area contributed by atoms with Gasteiger partial charge in [0.05, 0.1) is 13.2 Å². The van der Waals surface area contributed by atoms with Crippen molar-refractivity contribution in [2.75, 3.05) is 45.8 Å². The molecule has 1 aromatic rings. The summed E-state index contributed by atoms with van der Waals surface area (Å²) < 4.78 is 9.98. The molecular weight excluding hydrogens is 232 g/mol. The van der Waals surface area contributed by atoms with Gasteiger partial charge >= 0.3 is 6.03 Å². The van der Waals surface area contributed by atoms with Crippen LogP contribution in [0.4, 0.5) is 10.5 Å². The Kier molecular flexibility index (Phi) is 6.83. The number of nitrogens with zero attached hydrogens (tertiary/aromatic N) is 1. The number of hydrogen-bond acceptors (Lipinski definition) is 3. The third-order valence-corrected chi connectivity index (χ3v) is 2.44. The van der Waals surface area contributed by atoms with Crippen LogP contribution in [0.1, 0.15) is 0 Å². The van der Waals surface area contributed by atoms with Crippen LogP contribution in [0.25, 0.3) is 0 Å². The second-order valence-corrected chi connectivity index (χ2v) is 3.77. The van der Waals surface area contributed by atoms with Crippen LogP contribution in [-0.2, 0) is 9.47 Å². The van der Waals surface area contributed by atoms with E-state index in [4.69, 9.17) is 9.47 Å². The topological polar surface area (TPSA) is 50.8 Å². The number of nitrogens with one attached hydrogen (secondary N) is 1. The van der Waals surface area contributed by atoms with Crippen molar-refractivity contribution >= 4 is 11.7 Å². The number of methoxy groups -OCH3 is 2. The van der Waals surface area contributed by atoms with Crippen LogP contribution in [0.3, 0.4) is 0 Å². The van der Waals surface area contributed by atoms with E-state index in [1.807, 2.05) is 30.3 Å². The first kappa shape index (κ1) is 14.5. The van der Waals surface area contributed by atoms with Gasteiger partial charge in [-0.15, -0.1) is 0 Å². The number of amides is 2. The summed E-state index contributed by atoms with van der Waals surface area (Å²) in [6, 6.07) is 9.22. The van der Waals surface area contributed by atoms with E-state index >= 15 is 0 Å². The monoisotopic (exact) mass is 252 g/mol. The molecule has 1 N–H and O–H groups in total. The van der Waals surface area contributed by atoms with Crippen molar-refractivity contribution in [2.24, 2.45) is 0 Å². The molecule has 0 atom stereocenters. The maximum Gasteiger partial charge on any atom is 0.321 e. The van der Waals surface area contributed by atoms with Gasteiger partial charge in [-0.25, -0.2) is 4.79 Å². The van der Waals surface area contributed by atoms with Gasteiger partial charge in [-0.1, -0.05) is 18.2 Å². The molecule has 0 aliphatic rings. The molecule has 0 bridgehead atoms. The number of ether oxygens (including phenoxy) is 2. The summed E-state index contributed by atoms with van der Waals surface area (Å²) in [5, 5.41) is 2.84. The van der Waals surface area contributed by atoms with Crippen LogP contribution < -0.4 is 5.32 Å². The highest BCUT2D eigenvalue weighted by Gasteiger charge is 2.12. The molecule has 5 heteroatoms. The normalized spacial score (nSPS) is 10.1. The number of hydrogen-bond donors (Lipinski definition) is 1. The summed E-state index contributed by atoms with van der Waals surface area (Å²) >= 11 is 0. The lowest BCUT2D eigenvalue weighted by Gasteiger charge is -2.22. The van der Waals surface area contributed by atoms with Crippen LogP contribution >= 0.6 is 0 Å². The SMILES string of the molecule is COCCN(CCOC)C(=O)Nc1ccccc1. The molecule has 0 saturated carbocycles. The summed E-state index contributed by atoms with van der Waals surface area (Å²) in [7, 11) is 3.23. The molecule has 18 heavy (non-hydrogen) atoms. The lowest BCUT2D eigenvalue weighted by molar-refractivity contribution is 0.127. The molecule has 1 aromatic carbocycles. The van der Waals surface area contributed by atoms with Crippen LogP contribution in [-0.4, -0.2) is 51.5 Å². The first-order valence-corrected chi connectivity index (χ1v) is 5.86. The van der Waals surface area contributed by atoms with E-state index in [0.29, 0.717) is 26.3 Å². The molecule has 2 amide bonds. The first-order valence-electron chi connectivity index (χ1n) is 5.86. The van der Waals surface area contributed by atoms with E-state index in [2.05, 4.69) is 5.32 Å². The molecule has 0 fully saturated rings. The van der Waals surface area contributed by atoms with Gasteiger partial charge in [0.15, 0.2) is 0 Å². The summed E-state index contributed by atoms with van der Waals surface area (Å²) in [5.41, 5.74) is 0.780. The molecule has 0 spiro atoms. The van der Waals surface area contributed by atoms with Gasteiger partial charge in [-0.2, -0.15) is 0 Å². The Hall–Kier alpha value is -1.59. The van der Waals surface area contributed by atoms with Gasteiger partial charge in [-0.05, 0) is 12.1 Å². The fraction of sp³-hybridized carbons (Fsp3) is 0.462. The second kappa shape index (κ2) is 8.49. The standard InChI is InChI=1S/C13H20N2O3/c1-17-10-8-15(9-11-18-2)13(16)14-12-6-4-3-5-7-12/h3-7H,8-11H2,1-2H3,(H,14,16). The number of urea groups is 1. The molecular formula is C13H20N2O3. The average molecular weight is 252 g/mol. The van der Waals surface area contributed by atoms with Crippen LogP contribution in [0.5, 0.6) is 0 Å². The van der Waals surface area contributed by atoms with Gasteiger partial charge in [0.2, 0.25) is 0 Å². The summed E-state index contributed by atoms with van der Waals surface area (Å²) in [6.07, 6.45) is 0. The zero-order valence-corrected chi connectivity index (χ0v) is 10.9. The highest BCUT2D eigenvalue weighted by Crippen LogP contribution is 2.06. The highest BCUT2D eigenvalue weighted by atomic mass is 16.5. The number of carbonyl (C=O) groups is 1. The predicted octanol–water partition coefficient (Wildman–Crippen LogP) is 1.81. The van der Waals surface area contributed by atoms with Gasteiger partial charge < -0.3 is 19.7 Å². The minimum Gasteiger partial charge on any atom is -0.383 e. The maximum absolute atomic E-state index is 12.0. The van der Waals surface area contributed by atoms with Crippen LogP contribution in [0.15, 0.2) is 30.3 Å². The number of benzene rings is 1. The summed E-state index contributed by atoms with van der Waals surface area (Å²) in [4.78, 5) is 13.7. The zero-order valence-electron chi connectivity index (χ0n) is 10.9. The molecule has 0 aromatic heterocycles. The molecule has 0 aliphatic heterocycles. The third kappa shape index (κ3) is 5.16. The molecule has 0 radical (unpaired) electrons. The molecule has 100 valence electrons. The number of anilines is 1. The molecule has 5 nitrogen and oxygen atoms in total. The van der Waals surface area contributed by atoms with Crippen LogP contribution in [0.2, 0.25) is 0 Å². The lowest BCUT2D eigenvalue weighted by atomic mass is 10.3. The van der Waals surface area contributed by atoms with Crippen molar-refractivity contribution < 1.29 is 14.3 Å². The smallest absolute Gasteiger partial charge is 0.321 e. The van der Waals surface area contributed by atoms with Crippen molar-refractivity contribution in [1.82, 2.24) is 4.90 Å². The molecule has 0 saturated heterocycles. The molecule has 0 heterocycles. The Morgan fingerprint density at radius 3 is 2.17 bits per heavy atom. The van der Waals surface area contributed by atoms with Crippen molar-refractivity contribution in [1.29, 1.82) is 0 Å². The number of rotatable bonds is 7. The molecule has 0 unspecified atom stereocenters. The zero-order chi connectivity index (χ0) is 13.2. The van der Waals surface area contributed by atoms with Gasteiger partial charge in [0.1, 0.15) is 0 Å². The van der Waals surface area contributed by atoms with Crippen molar-refractivity contribution in [2.45, 2.75) is 0 Å². The minimum absolute atomic E-state index is 0.143. The number of para-hydroxylation sites is 1. The molecule has 1 rings (SSSR count). The van der Waals surface area contributed by atoms with Crippen molar-refractivity contribution in [3.63, 3.8) is 0 Å². The summed E-state index contributed by atoms with van der Waals surface area (Å²) in [6.45, 7) is 2.09. The summed E-state index contributed by atoms with van der Waals surface area (Å²) in [5.74, 6) is 0. The third-order valence-electron chi connectivity index (χ3n) is 2.44. The Balaban J connectivity index is 2.52. The highest BCUT2D eigenvalue weighted by molar-refractivity contribution is 5.89. The van der Waals surface area contributed by atoms with Gasteiger partial charge in [-0.3, -0.25) is 0 Å². The van der Waals surface area contributed by atoms with Crippen molar-refractivity contribution in [3.05, 3.63) is 30.3 Å². The quantitative estimate of drug-likeness (QED) is 0.805. The van der Waals surface area contributed by atoms with E-state index in [0.717, 1.165) is 5.69 Å². The Morgan fingerprint density at radius 2 is 1.67 bits per heavy atom. The Bertz CT molecular complexity index is 335. The maximum atomic E-state index is 12.0. The molecule has 0 aliphatic carbocycles. The van der Waals surface area contributed by atoms with E-state index in [1.165, 1.54) is 0 Å². The largest absolute Gasteiger partial charge is 0.383 e. The van der Waals surface area contributed by atoms with E-state index < -0.39 is 0 Å². The van der Waals surface area contributed by atoms with Crippen molar-refractivity contribution in [3.8, 4) is 0 Å². The van der Waals surface area contributed by atoms with Crippen LogP contribution in [0, 0.1) is 0 Å². The Morgan fingerprint density at radius 1 is 1.11 bits per heavy atom. The fourth-order valence-corrected chi connectivity index (χ4v) is 1.44. The van der Waals surface area contributed by atoms with Gasteiger partial charge in [0, 0.05) is 33.0 Å². The predicted molar refractivity (Wildman–Crippen MR) is 70.8 cm³/mol. The first-order chi connectivity index (χ1) is 8.77. The minimum atomic E-state index is -0.143. The number of carbonyl (C=O) groups excluding carboxylic acids is 1. The van der Waals surface area contributed by atoms with E-state index in [-0.39, 0.29) is 6.03 Å². The van der Waals surface area contributed by atoms with E-state index in [9.17, 15) is 4.79 Å². The second-order valence-electron chi connectivity index (χ2n) is 3.77. The lowest BCUT2D eigenvalue weighted by Crippen LogP contribution is -2.39. The fourth-order valence-electron chi connectivity index (χ4n) is 1.44. The average Bonchev–Trinajstić information content (AvgIpc) is 2.40. The Labute approximate surface area is 108 Å². The van der Waals surface area contributed by atoms with Gasteiger partial charge in [0.25, 0.3) is 0 Å².